The second-order valence-corrected chi connectivity index (χ2v) is 12.3. The van der Waals surface area contributed by atoms with Crippen molar-refractivity contribution in [2.24, 2.45) is 0 Å². The van der Waals surface area contributed by atoms with Gasteiger partial charge in [0.05, 0.1) is 25.7 Å². The SMILES string of the molecule is COS(=O)(=O)C(C)OS(=O)(=O)CCCCS(=O)(=O)OC(C)S(=O)(=O)OC. The molecule has 0 fully saturated rings. The van der Waals surface area contributed by atoms with E-state index in [1.54, 1.807) is 0 Å². The Labute approximate surface area is 154 Å². The highest BCUT2D eigenvalue weighted by Crippen LogP contribution is 2.13. The third-order valence-corrected chi connectivity index (χ3v) is 8.61. The van der Waals surface area contributed by atoms with Gasteiger partial charge in [0.25, 0.3) is 40.5 Å². The van der Waals surface area contributed by atoms with E-state index in [-0.39, 0.29) is 12.8 Å². The quantitative estimate of drug-likeness (QED) is 0.244. The molecule has 0 radical (unpaired) electrons. The van der Waals surface area contributed by atoms with Gasteiger partial charge < -0.3 is 0 Å². The Morgan fingerprint density at radius 2 is 0.885 bits per heavy atom. The van der Waals surface area contributed by atoms with Crippen LogP contribution in [-0.2, 0) is 57.2 Å². The summed E-state index contributed by atoms with van der Waals surface area (Å²) in [6.45, 7) is 1.93. The first kappa shape index (κ1) is 25.6. The van der Waals surface area contributed by atoms with Crippen LogP contribution in [0.2, 0.25) is 0 Å². The maximum atomic E-state index is 11.7. The first-order chi connectivity index (χ1) is 11.6. The van der Waals surface area contributed by atoms with Crippen molar-refractivity contribution >= 4 is 40.5 Å². The van der Waals surface area contributed by atoms with Crippen molar-refractivity contribution in [1.82, 2.24) is 0 Å². The summed E-state index contributed by atoms with van der Waals surface area (Å²) in [5, 5.41) is 0. The van der Waals surface area contributed by atoms with E-state index in [1.807, 2.05) is 0 Å². The first-order valence-corrected chi connectivity index (χ1v) is 13.1. The molecule has 0 amide bonds. The summed E-state index contributed by atoms with van der Waals surface area (Å²) < 4.78 is 109. The molecule has 0 aromatic carbocycles. The van der Waals surface area contributed by atoms with Crippen molar-refractivity contribution in [2.45, 2.75) is 37.6 Å². The third kappa shape index (κ3) is 9.03. The van der Waals surface area contributed by atoms with Crippen LogP contribution < -0.4 is 0 Å². The topological polar surface area (TPSA) is 173 Å². The van der Waals surface area contributed by atoms with E-state index in [1.165, 1.54) is 0 Å². The molecule has 0 heterocycles. The highest BCUT2D eigenvalue weighted by Gasteiger charge is 2.29. The molecule has 0 saturated heterocycles. The maximum absolute atomic E-state index is 11.7. The molecule has 0 saturated carbocycles. The van der Waals surface area contributed by atoms with Crippen molar-refractivity contribution in [3.05, 3.63) is 0 Å². The van der Waals surface area contributed by atoms with Gasteiger partial charge in [0.15, 0.2) is 10.9 Å². The molecule has 158 valence electrons. The van der Waals surface area contributed by atoms with Crippen LogP contribution in [0.1, 0.15) is 26.7 Å². The largest absolute Gasteiger partial charge is 0.295 e. The molecule has 0 aromatic heterocycles. The van der Waals surface area contributed by atoms with Crippen LogP contribution in [0.15, 0.2) is 0 Å². The molecule has 26 heavy (non-hydrogen) atoms. The van der Waals surface area contributed by atoms with Gasteiger partial charge in [-0.05, 0) is 26.7 Å². The summed E-state index contributed by atoms with van der Waals surface area (Å²) in [5.41, 5.74) is -3.52. The lowest BCUT2D eigenvalue weighted by atomic mass is 10.4. The van der Waals surface area contributed by atoms with E-state index in [9.17, 15) is 33.7 Å². The summed E-state index contributed by atoms with van der Waals surface area (Å²) in [4.78, 5) is 0. The average Bonchev–Trinajstić information content (AvgIpc) is 2.50. The molecule has 0 spiro atoms. The summed E-state index contributed by atoms with van der Waals surface area (Å²) in [7, 11) is -15.2. The van der Waals surface area contributed by atoms with Gasteiger partial charge in [-0.3, -0.25) is 8.37 Å². The maximum Gasteiger partial charge on any atom is 0.295 e. The molecular weight excluding hydrogens is 440 g/mol. The van der Waals surface area contributed by atoms with E-state index < -0.39 is 62.9 Å². The molecule has 0 aromatic rings. The molecule has 0 aliphatic heterocycles. The minimum absolute atomic E-state index is 0.198. The average molecular weight is 463 g/mol. The Bertz CT molecular complexity index is 779. The Balaban J connectivity index is 4.57. The van der Waals surface area contributed by atoms with E-state index in [4.69, 9.17) is 0 Å². The van der Waals surface area contributed by atoms with Gasteiger partial charge >= 0.3 is 0 Å². The van der Waals surface area contributed by atoms with Crippen LogP contribution in [0.5, 0.6) is 0 Å². The van der Waals surface area contributed by atoms with Crippen molar-refractivity contribution in [1.29, 1.82) is 0 Å². The van der Waals surface area contributed by atoms with Crippen LogP contribution >= 0.6 is 0 Å². The Morgan fingerprint density at radius 3 is 1.12 bits per heavy atom. The summed E-state index contributed by atoms with van der Waals surface area (Å²) in [6.07, 6.45) is -0.397. The van der Waals surface area contributed by atoms with Crippen molar-refractivity contribution < 1.29 is 50.4 Å². The van der Waals surface area contributed by atoms with Gasteiger partial charge in [-0.1, -0.05) is 0 Å². The zero-order valence-electron chi connectivity index (χ0n) is 14.5. The molecule has 2 atom stereocenters. The molecule has 0 aliphatic carbocycles. The van der Waals surface area contributed by atoms with Crippen LogP contribution in [0, 0.1) is 0 Å². The zero-order chi connectivity index (χ0) is 20.8. The van der Waals surface area contributed by atoms with Gasteiger partial charge in [-0.15, -0.1) is 0 Å². The lowest BCUT2D eigenvalue weighted by Crippen LogP contribution is -2.27. The normalized spacial score (nSPS) is 16.3. The minimum Gasteiger partial charge on any atom is -0.271 e. The fourth-order valence-electron chi connectivity index (χ4n) is 1.43. The van der Waals surface area contributed by atoms with Crippen LogP contribution in [0.3, 0.4) is 0 Å². The molecule has 2 unspecified atom stereocenters. The summed E-state index contributed by atoms with van der Waals surface area (Å²) >= 11 is 0. The predicted molar refractivity (Wildman–Crippen MR) is 89.8 cm³/mol. The monoisotopic (exact) mass is 462 g/mol. The molecule has 12 nitrogen and oxygen atoms in total. The fraction of sp³-hybridized carbons (Fsp3) is 1.00. The number of hydrogen-bond acceptors (Lipinski definition) is 12. The lowest BCUT2D eigenvalue weighted by molar-refractivity contribution is 0.264. The lowest BCUT2D eigenvalue weighted by Gasteiger charge is -2.13. The summed E-state index contributed by atoms with van der Waals surface area (Å²) in [6, 6.07) is 0. The van der Waals surface area contributed by atoms with Gasteiger partial charge in [0.1, 0.15) is 0 Å². The molecule has 0 aliphatic rings. The van der Waals surface area contributed by atoms with E-state index in [2.05, 4.69) is 16.7 Å². The van der Waals surface area contributed by atoms with Crippen LogP contribution in [-0.4, -0.2) is 70.3 Å². The minimum atomic E-state index is -4.25. The summed E-state index contributed by atoms with van der Waals surface area (Å²) in [5.74, 6) is -1.31. The number of rotatable bonds is 13. The van der Waals surface area contributed by atoms with Gasteiger partial charge in [-0.25, -0.2) is 8.37 Å². The zero-order valence-corrected chi connectivity index (χ0v) is 17.8. The number of hydrogen-bond donors (Lipinski definition) is 0. The highest BCUT2D eigenvalue weighted by molar-refractivity contribution is 7.90. The molecular formula is C10H22O12S4. The van der Waals surface area contributed by atoms with Gasteiger partial charge in [0, 0.05) is 0 Å². The van der Waals surface area contributed by atoms with Crippen molar-refractivity contribution in [2.75, 3.05) is 25.7 Å². The molecule has 0 bridgehead atoms. The molecule has 0 N–H and O–H groups in total. The van der Waals surface area contributed by atoms with Crippen LogP contribution in [0.4, 0.5) is 0 Å². The Kier molecular flexibility index (Phi) is 9.58. The highest BCUT2D eigenvalue weighted by atomic mass is 32.2. The fourth-order valence-corrected chi connectivity index (χ4v) is 5.60. The van der Waals surface area contributed by atoms with Gasteiger partial charge in [0.2, 0.25) is 0 Å². The Morgan fingerprint density at radius 1 is 0.615 bits per heavy atom. The standard InChI is InChI=1S/C10H22O12S4/c1-9(25(15,16)19-3)21-23(11,12)7-5-6-8-24(13,14)22-10(2)26(17,18)20-4/h9-10H,5-8H2,1-4H3. The van der Waals surface area contributed by atoms with Crippen molar-refractivity contribution in [3.8, 4) is 0 Å². The van der Waals surface area contributed by atoms with Gasteiger partial charge in [-0.2, -0.15) is 33.7 Å². The smallest absolute Gasteiger partial charge is 0.271 e. The second-order valence-electron chi connectivity index (χ2n) is 4.88. The van der Waals surface area contributed by atoms with Crippen LogP contribution in [0.25, 0.3) is 0 Å². The molecule has 0 rings (SSSR count). The number of unbranched alkanes of at least 4 members (excludes halogenated alkanes) is 1. The van der Waals surface area contributed by atoms with E-state index in [0.29, 0.717) is 0 Å². The first-order valence-electron chi connectivity index (χ1n) is 6.99. The van der Waals surface area contributed by atoms with Crippen molar-refractivity contribution in [3.63, 3.8) is 0 Å². The van der Waals surface area contributed by atoms with E-state index >= 15 is 0 Å². The Hall–Kier alpha value is -0.360. The molecule has 16 heteroatoms. The van der Waals surface area contributed by atoms with E-state index in [0.717, 1.165) is 28.1 Å². The third-order valence-electron chi connectivity index (χ3n) is 2.88. The predicted octanol–water partition coefficient (Wildman–Crippen LogP) is -0.896. The second kappa shape index (κ2) is 9.72.